The molecule has 0 unspecified atom stereocenters. The molecule has 0 N–H and O–H groups in total. The summed E-state index contributed by atoms with van der Waals surface area (Å²) in [6.07, 6.45) is 1.90. The average molecular weight is 340 g/mol. The molecule has 0 bridgehead atoms. The van der Waals surface area contributed by atoms with Crippen molar-refractivity contribution in [2.75, 3.05) is 34.3 Å². The third kappa shape index (κ3) is 4.53. The topological polar surface area (TPSA) is 66.9 Å². The minimum absolute atomic E-state index is 0.0470. The molecule has 1 aliphatic rings. The highest BCUT2D eigenvalue weighted by Crippen LogP contribution is 2.20. The van der Waals surface area contributed by atoms with Crippen molar-refractivity contribution in [3.05, 3.63) is 35.4 Å². The zero-order chi connectivity index (χ0) is 17.0. The summed E-state index contributed by atoms with van der Waals surface area (Å²) in [7, 11) is 1.92. The molecule has 0 saturated carbocycles. The van der Waals surface area contributed by atoms with Gasteiger partial charge < -0.3 is 9.64 Å². The summed E-state index contributed by atoms with van der Waals surface area (Å²) < 4.78 is 31.4. The second-order valence-corrected chi connectivity index (χ2v) is 8.03. The Morgan fingerprint density at radius 1 is 1.30 bits per heavy atom. The number of hydrogen-bond acceptors (Lipinski definition) is 5. The van der Waals surface area contributed by atoms with Crippen LogP contribution < -0.4 is 0 Å². The van der Waals surface area contributed by atoms with E-state index in [-0.39, 0.29) is 11.8 Å². The van der Waals surface area contributed by atoms with Crippen LogP contribution in [0, 0.1) is 0 Å². The zero-order valence-corrected chi connectivity index (χ0v) is 14.7. The number of nitrogens with zero attached hydrogens (tertiary/aromatic N) is 2. The van der Waals surface area contributed by atoms with Crippen molar-refractivity contribution in [2.24, 2.45) is 0 Å². The molecule has 1 aromatic rings. The number of benzene rings is 1. The minimum atomic E-state index is -3.35. The molecule has 0 radical (unpaired) electrons. The summed E-state index contributed by atoms with van der Waals surface area (Å²) >= 11 is 0. The minimum Gasteiger partial charge on any atom is -0.465 e. The maximum Gasteiger partial charge on any atom is 0.337 e. The summed E-state index contributed by atoms with van der Waals surface area (Å²) in [5.41, 5.74) is 1.09. The first-order chi connectivity index (χ1) is 10.8. The highest BCUT2D eigenvalue weighted by Gasteiger charge is 2.29. The fourth-order valence-corrected chi connectivity index (χ4v) is 4.35. The third-order valence-corrected chi connectivity index (χ3v) is 6.02. The summed E-state index contributed by atoms with van der Waals surface area (Å²) in [6.45, 7) is 1.11. The maximum atomic E-state index is 12.6. The van der Waals surface area contributed by atoms with E-state index >= 15 is 0 Å². The Labute approximate surface area is 138 Å². The van der Waals surface area contributed by atoms with E-state index in [4.69, 9.17) is 0 Å². The highest BCUT2D eigenvalue weighted by molar-refractivity contribution is 7.88. The average Bonchev–Trinajstić information content (AvgIpc) is 2.54. The normalized spacial score (nSPS) is 19.7. The van der Waals surface area contributed by atoms with Crippen LogP contribution in [0.2, 0.25) is 0 Å². The second kappa shape index (κ2) is 7.42. The van der Waals surface area contributed by atoms with Gasteiger partial charge in [0.25, 0.3) is 0 Å². The van der Waals surface area contributed by atoms with Crippen LogP contribution in [0.3, 0.4) is 0 Å². The smallest absolute Gasteiger partial charge is 0.337 e. The maximum absolute atomic E-state index is 12.6. The van der Waals surface area contributed by atoms with Gasteiger partial charge in [0, 0.05) is 19.1 Å². The summed E-state index contributed by atoms with van der Waals surface area (Å²) in [4.78, 5) is 13.5. The fourth-order valence-electron chi connectivity index (χ4n) is 2.75. The lowest BCUT2D eigenvalue weighted by molar-refractivity contribution is 0.0600. The molecule has 0 spiro atoms. The number of methoxy groups -OCH3 is 1. The fraction of sp³-hybridized carbons (Fsp3) is 0.562. The predicted octanol–water partition coefficient (Wildman–Crippen LogP) is 1.33. The lowest BCUT2D eigenvalue weighted by atomic mass is 10.1. The molecule has 1 aromatic carbocycles. The van der Waals surface area contributed by atoms with Crippen molar-refractivity contribution in [3.8, 4) is 0 Å². The van der Waals surface area contributed by atoms with Crippen molar-refractivity contribution < 1.29 is 17.9 Å². The van der Waals surface area contributed by atoms with E-state index in [1.165, 1.54) is 7.11 Å². The number of hydrogen-bond donors (Lipinski definition) is 0. The van der Waals surface area contributed by atoms with Crippen LogP contribution >= 0.6 is 0 Å². The number of piperidine rings is 1. The van der Waals surface area contributed by atoms with Gasteiger partial charge in [0.1, 0.15) is 0 Å². The second-order valence-electron chi connectivity index (χ2n) is 6.06. The Kier molecular flexibility index (Phi) is 5.78. The van der Waals surface area contributed by atoms with Crippen molar-refractivity contribution in [1.29, 1.82) is 0 Å². The van der Waals surface area contributed by atoms with Crippen LogP contribution in [0.1, 0.15) is 28.8 Å². The van der Waals surface area contributed by atoms with Gasteiger partial charge >= 0.3 is 5.97 Å². The van der Waals surface area contributed by atoms with Crippen LogP contribution in [0.4, 0.5) is 0 Å². The molecule has 1 fully saturated rings. The van der Waals surface area contributed by atoms with Gasteiger partial charge in [-0.2, -0.15) is 0 Å². The Hall–Kier alpha value is -1.44. The van der Waals surface area contributed by atoms with Crippen LogP contribution in [0.15, 0.2) is 24.3 Å². The number of esters is 1. The van der Waals surface area contributed by atoms with E-state index in [9.17, 15) is 13.2 Å². The van der Waals surface area contributed by atoms with E-state index < -0.39 is 16.0 Å². The SMILES string of the molecule is COC(=O)c1ccc(CS(=O)(=O)N2CCC[C@@H](N(C)C)C2)cc1. The van der Waals surface area contributed by atoms with Crippen molar-refractivity contribution in [2.45, 2.75) is 24.6 Å². The van der Waals surface area contributed by atoms with Crippen molar-refractivity contribution in [3.63, 3.8) is 0 Å². The largest absolute Gasteiger partial charge is 0.465 e. The number of rotatable bonds is 5. The van der Waals surface area contributed by atoms with E-state index in [0.717, 1.165) is 12.8 Å². The number of ether oxygens (including phenoxy) is 1. The van der Waals surface area contributed by atoms with E-state index in [0.29, 0.717) is 24.2 Å². The molecular weight excluding hydrogens is 316 g/mol. The van der Waals surface area contributed by atoms with Gasteiger partial charge in [0.2, 0.25) is 10.0 Å². The van der Waals surface area contributed by atoms with Crippen molar-refractivity contribution >= 4 is 16.0 Å². The Morgan fingerprint density at radius 3 is 2.52 bits per heavy atom. The molecule has 0 aromatic heterocycles. The van der Waals surface area contributed by atoms with Gasteiger partial charge in [-0.15, -0.1) is 0 Å². The molecule has 1 aliphatic heterocycles. The number of carbonyl (C=O) groups is 1. The predicted molar refractivity (Wildman–Crippen MR) is 88.7 cm³/mol. The molecule has 0 aliphatic carbocycles. The Balaban J connectivity index is 2.07. The standard InChI is InChI=1S/C16H24N2O4S/c1-17(2)15-5-4-10-18(11-15)23(20,21)12-13-6-8-14(9-7-13)16(19)22-3/h6-9,15H,4-5,10-12H2,1-3H3/t15-/m1/s1. The van der Waals surface area contributed by atoms with Gasteiger partial charge in [-0.1, -0.05) is 12.1 Å². The van der Waals surface area contributed by atoms with E-state index in [2.05, 4.69) is 9.64 Å². The molecule has 23 heavy (non-hydrogen) atoms. The molecule has 0 amide bonds. The lowest BCUT2D eigenvalue weighted by Gasteiger charge is -2.35. The summed E-state index contributed by atoms with van der Waals surface area (Å²) in [5, 5.41) is 0. The van der Waals surface area contributed by atoms with Gasteiger partial charge in [-0.3, -0.25) is 0 Å². The van der Waals surface area contributed by atoms with Gasteiger partial charge in [0.15, 0.2) is 0 Å². The first kappa shape index (κ1) is 17.9. The first-order valence-electron chi connectivity index (χ1n) is 7.65. The summed E-state index contributed by atoms with van der Waals surface area (Å²) in [6, 6.07) is 6.78. The van der Waals surface area contributed by atoms with E-state index in [1.54, 1.807) is 28.6 Å². The third-order valence-electron chi connectivity index (χ3n) is 4.21. The van der Waals surface area contributed by atoms with Gasteiger partial charge in [-0.05, 0) is 44.6 Å². The van der Waals surface area contributed by atoms with Gasteiger partial charge in [-0.25, -0.2) is 17.5 Å². The highest BCUT2D eigenvalue weighted by atomic mass is 32.2. The Morgan fingerprint density at radius 2 is 1.96 bits per heavy atom. The molecule has 1 atom stereocenters. The molecular formula is C16H24N2O4S. The summed E-state index contributed by atoms with van der Waals surface area (Å²) in [5.74, 6) is -0.474. The quantitative estimate of drug-likeness (QED) is 0.757. The van der Waals surface area contributed by atoms with E-state index in [1.807, 2.05) is 14.1 Å². The Bertz CT molecular complexity index is 641. The van der Waals surface area contributed by atoms with Gasteiger partial charge in [0.05, 0.1) is 18.4 Å². The number of carbonyl (C=O) groups excluding carboxylic acids is 1. The molecule has 7 heteroatoms. The van der Waals surface area contributed by atoms with Crippen molar-refractivity contribution in [1.82, 2.24) is 9.21 Å². The number of likely N-dealkylation sites (N-methyl/N-ethyl adjacent to an activating group) is 1. The van der Waals surface area contributed by atoms with Crippen LogP contribution in [-0.2, 0) is 20.5 Å². The monoisotopic (exact) mass is 340 g/mol. The molecule has 6 nitrogen and oxygen atoms in total. The van der Waals surface area contributed by atoms with Crippen LogP contribution in [-0.4, -0.2) is 63.9 Å². The molecule has 1 heterocycles. The molecule has 2 rings (SSSR count). The first-order valence-corrected chi connectivity index (χ1v) is 9.26. The molecule has 1 saturated heterocycles. The van der Waals surface area contributed by atoms with Crippen LogP contribution in [0.25, 0.3) is 0 Å². The zero-order valence-electron chi connectivity index (χ0n) is 13.9. The van der Waals surface area contributed by atoms with Crippen LogP contribution in [0.5, 0.6) is 0 Å². The number of sulfonamides is 1. The lowest BCUT2D eigenvalue weighted by Crippen LogP contribution is -2.47. The molecule has 128 valence electrons.